The maximum Gasteiger partial charge on any atom is 0.137 e. The average molecular weight is 277 g/mol. The number of benzene rings is 1. The van der Waals surface area contributed by atoms with Crippen molar-refractivity contribution in [3.63, 3.8) is 0 Å². The minimum atomic E-state index is -0.226. The lowest BCUT2D eigenvalue weighted by atomic mass is 9.71. The topological polar surface area (TPSA) is 20.3 Å². The predicted octanol–water partition coefficient (Wildman–Crippen LogP) is 4.05. The van der Waals surface area contributed by atoms with Gasteiger partial charge < -0.3 is 4.90 Å². The van der Waals surface area contributed by atoms with Crippen molar-refractivity contribution in [1.82, 2.24) is 0 Å². The van der Waals surface area contributed by atoms with Gasteiger partial charge >= 0.3 is 0 Å². The Morgan fingerprint density at radius 3 is 2.80 bits per heavy atom. The monoisotopic (exact) mass is 277 g/mol. The van der Waals surface area contributed by atoms with Gasteiger partial charge in [-0.05, 0) is 43.4 Å². The fourth-order valence-corrected chi connectivity index (χ4v) is 3.07. The summed E-state index contributed by atoms with van der Waals surface area (Å²) in [5.41, 5.74) is 1.10. The molecule has 1 fully saturated rings. The quantitative estimate of drug-likeness (QED) is 0.827. The molecule has 0 aliphatic heterocycles. The van der Waals surface area contributed by atoms with Crippen molar-refractivity contribution in [2.45, 2.75) is 40.0 Å². The van der Waals surface area contributed by atoms with E-state index in [1.807, 2.05) is 13.0 Å². The molecule has 0 N–H and O–H groups in total. The number of ketones is 1. The zero-order chi connectivity index (χ0) is 14.8. The summed E-state index contributed by atoms with van der Waals surface area (Å²) in [7, 11) is 0. The molecule has 2 rings (SSSR count). The molecular formula is C17H24FNO. The molecular weight excluding hydrogens is 253 g/mol. The highest BCUT2D eigenvalue weighted by Gasteiger charge is 2.34. The Kier molecular flexibility index (Phi) is 4.46. The van der Waals surface area contributed by atoms with Crippen molar-refractivity contribution in [3.8, 4) is 0 Å². The molecule has 1 unspecified atom stereocenters. The molecule has 1 aromatic carbocycles. The van der Waals surface area contributed by atoms with Gasteiger partial charge in [-0.15, -0.1) is 0 Å². The van der Waals surface area contributed by atoms with E-state index in [2.05, 4.69) is 18.7 Å². The number of hydrogen-bond acceptors (Lipinski definition) is 2. The van der Waals surface area contributed by atoms with Crippen LogP contribution in [-0.4, -0.2) is 18.9 Å². The minimum Gasteiger partial charge on any atom is -0.371 e. The first-order chi connectivity index (χ1) is 9.41. The summed E-state index contributed by atoms with van der Waals surface area (Å²) in [6, 6.07) is 6.62. The number of Topliss-reactive ketones (excluding diaryl/α,β-unsaturated/α-hetero) is 1. The van der Waals surface area contributed by atoms with Gasteiger partial charge in [0.2, 0.25) is 0 Å². The zero-order valence-corrected chi connectivity index (χ0v) is 12.7. The smallest absolute Gasteiger partial charge is 0.137 e. The summed E-state index contributed by atoms with van der Waals surface area (Å²) in [5.74, 6) is 0.206. The number of halogens is 1. The van der Waals surface area contributed by atoms with Gasteiger partial charge in [-0.2, -0.15) is 0 Å². The average Bonchev–Trinajstić information content (AvgIpc) is 2.39. The summed E-state index contributed by atoms with van der Waals surface area (Å²) >= 11 is 0. The molecule has 1 aromatic rings. The van der Waals surface area contributed by atoms with Crippen LogP contribution in [0, 0.1) is 17.2 Å². The Hall–Kier alpha value is -1.38. The molecule has 20 heavy (non-hydrogen) atoms. The third-order valence-electron chi connectivity index (χ3n) is 4.30. The van der Waals surface area contributed by atoms with Crippen LogP contribution in [0.2, 0.25) is 0 Å². The molecule has 0 aromatic heterocycles. The molecule has 1 aliphatic rings. The Balaban J connectivity index is 2.11. The number of rotatable bonds is 4. The first-order valence-corrected chi connectivity index (χ1v) is 7.44. The highest BCUT2D eigenvalue weighted by molar-refractivity contribution is 5.82. The van der Waals surface area contributed by atoms with Crippen molar-refractivity contribution in [2.24, 2.45) is 11.3 Å². The molecule has 3 heteroatoms. The van der Waals surface area contributed by atoms with Gasteiger partial charge in [0, 0.05) is 31.1 Å². The van der Waals surface area contributed by atoms with Crippen molar-refractivity contribution in [2.75, 3.05) is 18.0 Å². The van der Waals surface area contributed by atoms with E-state index in [0.717, 1.165) is 25.1 Å². The molecule has 0 radical (unpaired) electrons. The normalized spacial score (nSPS) is 21.8. The zero-order valence-electron chi connectivity index (χ0n) is 12.7. The van der Waals surface area contributed by atoms with Crippen LogP contribution >= 0.6 is 0 Å². The Morgan fingerprint density at radius 2 is 2.15 bits per heavy atom. The minimum absolute atomic E-state index is 0.0713. The fraction of sp³-hybridized carbons (Fsp3) is 0.588. The molecule has 1 atom stereocenters. The van der Waals surface area contributed by atoms with Gasteiger partial charge in [0.25, 0.3) is 0 Å². The highest BCUT2D eigenvalue weighted by Crippen LogP contribution is 2.37. The summed E-state index contributed by atoms with van der Waals surface area (Å²) in [5, 5.41) is 0. The van der Waals surface area contributed by atoms with E-state index in [1.54, 1.807) is 12.1 Å². The SMILES string of the molecule is CCN(CC1CC(C)(C)CCC1=O)c1cccc(F)c1. The molecule has 0 amide bonds. The summed E-state index contributed by atoms with van der Waals surface area (Å²) in [6.07, 6.45) is 2.59. The molecule has 0 bridgehead atoms. The van der Waals surface area contributed by atoms with Crippen molar-refractivity contribution in [1.29, 1.82) is 0 Å². The van der Waals surface area contributed by atoms with Crippen LogP contribution in [0.5, 0.6) is 0 Å². The van der Waals surface area contributed by atoms with Crippen LogP contribution in [0.15, 0.2) is 24.3 Å². The summed E-state index contributed by atoms with van der Waals surface area (Å²) in [4.78, 5) is 14.2. The van der Waals surface area contributed by atoms with E-state index < -0.39 is 0 Å². The van der Waals surface area contributed by atoms with Gasteiger partial charge in [0.15, 0.2) is 0 Å². The third-order valence-corrected chi connectivity index (χ3v) is 4.30. The summed E-state index contributed by atoms with van der Waals surface area (Å²) in [6.45, 7) is 7.98. The molecule has 0 heterocycles. The molecule has 1 saturated carbocycles. The van der Waals surface area contributed by atoms with Gasteiger partial charge in [-0.25, -0.2) is 4.39 Å². The van der Waals surface area contributed by atoms with E-state index >= 15 is 0 Å². The largest absolute Gasteiger partial charge is 0.371 e. The summed E-state index contributed by atoms with van der Waals surface area (Å²) < 4.78 is 13.3. The first-order valence-electron chi connectivity index (χ1n) is 7.44. The maximum absolute atomic E-state index is 13.3. The second-order valence-electron chi connectivity index (χ2n) is 6.55. The number of carbonyl (C=O) groups excluding carboxylic acids is 1. The van der Waals surface area contributed by atoms with E-state index in [-0.39, 0.29) is 17.2 Å². The number of hydrogen-bond donors (Lipinski definition) is 0. The lowest BCUT2D eigenvalue weighted by Gasteiger charge is -2.37. The maximum atomic E-state index is 13.3. The molecule has 0 spiro atoms. The van der Waals surface area contributed by atoms with Crippen LogP contribution in [0.4, 0.5) is 10.1 Å². The van der Waals surface area contributed by atoms with Crippen LogP contribution < -0.4 is 4.90 Å². The van der Waals surface area contributed by atoms with Crippen LogP contribution in [0.1, 0.15) is 40.0 Å². The lowest BCUT2D eigenvalue weighted by molar-refractivity contribution is -0.126. The van der Waals surface area contributed by atoms with E-state index in [1.165, 1.54) is 6.07 Å². The molecule has 0 saturated heterocycles. The second-order valence-corrected chi connectivity index (χ2v) is 6.55. The first kappa shape index (κ1) is 15.0. The van der Waals surface area contributed by atoms with Crippen LogP contribution in [-0.2, 0) is 4.79 Å². The molecule has 2 nitrogen and oxygen atoms in total. The van der Waals surface area contributed by atoms with Gasteiger partial charge in [0.05, 0.1) is 0 Å². The number of carbonyl (C=O) groups is 1. The Bertz CT molecular complexity index is 484. The van der Waals surface area contributed by atoms with Gasteiger partial charge in [0.1, 0.15) is 11.6 Å². The van der Waals surface area contributed by atoms with Crippen molar-refractivity contribution >= 4 is 11.5 Å². The van der Waals surface area contributed by atoms with Gasteiger partial charge in [-0.1, -0.05) is 19.9 Å². The van der Waals surface area contributed by atoms with Crippen LogP contribution in [0.25, 0.3) is 0 Å². The lowest BCUT2D eigenvalue weighted by Crippen LogP contribution is -2.39. The third kappa shape index (κ3) is 3.59. The second kappa shape index (κ2) is 5.94. The van der Waals surface area contributed by atoms with E-state index in [0.29, 0.717) is 18.7 Å². The van der Waals surface area contributed by atoms with Gasteiger partial charge in [-0.3, -0.25) is 4.79 Å². The van der Waals surface area contributed by atoms with E-state index in [9.17, 15) is 9.18 Å². The van der Waals surface area contributed by atoms with Crippen molar-refractivity contribution < 1.29 is 9.18 Å². The Morgan fingerprint density at radius 1 is 1.40 bits per heavy atom. The Labute approximate surface area is 121 Å². The van der Waals surface area contributed by atoms with E-state index in [4.69, 9.17) is 0 Å². The fourth-order valence-electron chi connectivity index (χ4n) is 3.07. The molecule has 1 aliphatic carbocycles. The molecule has 110 valence electrons. The predicted molar refractivity (Wildman–Crippen MR) is 80.4 cm³/mol. The number of nitrogens with zero attached hydrogens (tertiary/aromatic N) is 1. The van der Waals surface area contributed by atoms with Crippen LogP contribution in [0.3, 0.4) is 0 Å². The van der Waals surface area contributed by atoms with Crippen molar-refractivity contribution in [3.05, 3.63) is 30.1 Å². The number of anilines is 1. The highest BCUT2D eigenvalue weighted by atomic mass is 19.1. The standard InChI is InChI=1S/C17H24FNO/c1-4-19(15-7-5-6-14(18)10-15)12-13-11-17(2,3)9-8-16(13)20/h5-7,10,13H,4,8-9,11-12H2,1-3H3.